The molecule has 5 N–H and O–H groups in total. The molecule has 0 aromatic heterocycles. The van der Waals surface area contributed by atoms with Crippen LogP contribution in [-0.4, -0.2) is 67.5 Å². The lowest BCUT2D eigenvalue weighted by molar-refractivity contribution is -0.132. The van der Waals surface area contributed by atoms with Crippen LogP contribution in [0.3, 0.4) is 0 Å². The van der Waals surface area contributed by atoms with E-state index in [1.165, 1.54) is 0 Å². The van der Waals surface area contributed by atoms with Crippen LogP contribution in [0, 0.1) is 0 Å². The number of nitrogens with two attached hydrogens (primary N) is 1. The van der Waals surface area contributed by atoms with E-state index in [0.29, 0.717) is 32.4 Å². The molecule has 0 saturated carbocycles. The summed E-state index contributed by atoms with van der Waals surface area (Å²) < 4.78 is 5.14. The van der Waals surface area contributed by atoms with Gasteiger partial charge in [-0.3, -0.25) is 14.4 Å². The van der Waals surface area contributed by atoms with Gasteiger partial charge in [0.1, 0.15) is 6.61 Å². The van der Waals surface area contributed by atoms with E-state index in [1.807, 2.05) is 35.2 Å². The van der Waals surface area contributed by atoms with Crippen molar-refractivity contribution in [3.63, 3.8) is 0 Å². The van der Waals surface area contributed by atoms with Crippen LogP contribution in [0.25, 0.3) is 0 Å². The number of carbonyl (C=O) groups is 4. The van der Waals surface area contributed by atoms with E-state index in [2.05, 4.69) is 16.0 Å². The lowest BCUT2D eigenvalue weighted by Gasteiger charge is -2.24. The maximum absolute atomic E-state index is 12.7. The van der Waals surface area contributed by atoms with Crippen LogP contribution >= 0.6 is 0 Å². The first kappa shape index (κ1) is 31.1. The summed E-state index contributed by atoms with van der Waals surface area (Å²) in [6.07, 6.45) is 8.16. The van der Waals surface area contributed by atoms with Crippen LogP contribution in [0.2, 0.25) is 0 Å². The lowest BCUT2D eigenvalue weighted by atomic mass is 10.1. The zero-order valence-corrected chi connectivity index (χ0v) is 22.6. The summed E-state index contributed by atoms with van der Waals surface area (Å²) in [4.78, 5) is 49.4. The van der Waals surface area contributed by atoms with Crippen LogP contribution in [-0.2, 0) is 25.7 Å². The van der Waals surface area contributed by atoms with Gasteiger partial charge in [-0.15, -0.1) is 0 Å². The van der Waals surface area contributed by atoms with Crippen molar-refractivity contribution in [1.29, 1.82) is 0 Å². The van der Waals surface area contributed by atoms with Gasteiger partial charge in [-0.1, -0.05) is 49.6 Å². The van der Waals surface area contributed by atoms with E-state index in [0.717, 1.165) is 70.1 Å². The van der Waals surface area contributed by atoms with Crippen molar-refractivity contribution in [2.75, 3.05) is 32.7 Å². The van der Waals surface area contributed by atoms with Crippen molar-refractivity contribution in [3.05, 3.63) is 35.9 Å². The molecule has 1 atom stereocenters. The third-order valence-electron chi connectivity index (χ3n) is 6.52. The Morgan fingerprint density at radius 2 is 1.53 bits per heavy atom. The third-order valence-corrected chi connectivity index (χ3v) is 6.52. The first-order valence-corrected chi connectivity index (χ1v) is 14.0. The highest BCUT2D eigenvalue weighted by Crippen LogP contribution is 2.12. The number of primary amides is 1. The molecule has 1 aliphatic rings. The van der Waals surface area contributed by atoms with Crippen LogP contribution in [0.4, 0.5) is 4.79 Å². The molecular formula is C28H45N5O5. The highest BCUT2D eigenvalue weighted by Gasteiger charge is 2.26. The average Bonchev–Trinajstić information content (AvgIpc) is 3.45. The van der Waals surface area contributed by atoms with Gasteiger partial charge in [0.05, 0.1) is 6.04 Å². The molecule has 1 fully saturated rings. The minimum Gasteiger partial charge on any atom is -0.445 e. The molecule has 4 amide bonds. The molecule has 0 spiro atoms. The van der Waals surface area contributed by atoms with Gasteiger partial charge in [-0.05, 0) is 50.6 Å². The van der Waals surface area contributed by atoms with Crippen molar-refractivity contribution in [3.8, 4) is 0 Å². The van der Waals surface area contributed by atoms with Crippen LogP contribution in [0.15, 0.2) is 30.3 Å². The molecule has 0 aliphatic carbocycles. The summed E-state index contributed by atoms with van der Waals surface area (Å²) in [7, 11) is 0. The van der Waals surface area contributed by atoms with E-state index in [-0.39, 0.29) is 36.8 Å². The van der Waals surface area contributed by atoms with Crippen molar-refractivity contribution >= 4 is 23.8 Å². The van der Waals surface area contributed by atoms with E-state index in [1.54, 1.807) is 0 Å². The summed E-state index contributed by atoms with van der Waals surface area (Å²) in [6.45, 7) is 3.49. The smallest absolute Gasteiger partial charge is 0.407 e. The summed E-state index contributed by atoms with van der Waals surface area (Å²) in [5, 5.41) is 8.88. The number of hydrogen-bond acceptors (Lipinski definition) is 6. The first-order chi connectivity index (χ1) is 18.5. The van der Waals surface area contributed by atoms with E-state index in [4.69, 9.17) is 10.5 Å². The number of unbranched alkanes of at least 4 members (excludes halogenated alkanes) is 4. The normalized spacial score (nSPS) is 13.6. The van der Waals surface area contributed by atoms with E-state index in [9.17, 15) is 19.2 Å². The van der Waals surface area contributed by atoms with Gasteiger partial charge in [-0.25, -0.2) is 4.79 Å². The van der Waals surface area contributed by atoms with Crippen LogP contribution < -0.4 is 21.7 Å². The first-order valence-electron chi connectivity index (χ1n) is 14.0. The number of alkyl carbamates (subject to hydrolysis) is 1. The second-order valence-corrected chi connectivity index (χ2v) is 9.75. The Balaban J connectivity index is 1.42. The van der Waals surface area contributed by atoms with Gasteiger partial charge in [-0.2, -0.15) is 0 Å². The van der Waals surface area contributed by atoms with E-state index >= 15 is 0 Å². The summed E-state index contributed by atoms with van der Waals surface area (Å²) in [5.41, 5.74) is 6.21. The van der Waals surface area contributed by atoms with Gasteiger partial charge in [0.2, 0.25) is 17.7 Å². The molecule has 212 valence electrons. The number of ether oxygens (including phenoxy) is 1. The van der Waals surface area contributed by atoms with Gasteiger partial charge < -0.3 is 31.3 Å². The van der Waals surface area contributed by atoms with Gasteiger partial charge in [0, 0.05) is 39.0 Å². The summed E-state index contributed by atoms with van der Waals surface area (Å²) >= 11 is 0. The molecule has 2 rings (SSSR count). The number of hydrogen-bond donors (Lipinski definition) is 4. The molecule has 1 aromatic rings. The molecule has 1 aromatic carbocycles. The Labute approximate surface area is 226 Å². The molecule has 1 aliphatic heterocycles. The monoisotopic (exact) mass is 531 g/mol. The zero-order valence-electron chi connectivity index (χ0n) is 22.6. The molecule has 0 radical (unpaired) electrons. The van der Waals surface area contributed by atoms with Gasteiger partial charge >= 0.3 is 6.09 Å². The maximum atomic E-state index is 12.7. The van der Waals surface area contributed by atoms with Gasteiger partial charge in [0.15, 0.2) is 0 Å². The van der Waals surface area contributed by atoms with E-state index < -0.39 is 6.09 Å². The Morgan fingerprint density at radius 3 is 2.26 bits per heavy atom. The molecule has 1 saturated heterocycles. The maximum Gasteiger partial charge on any atom is 0.407 e. The molecule has 38 heavy (non-hydrogen) atoms. The van der Waals surface area contributed by atoms with Crippen LogP contribution in [0.1, 0.15) is 76.2 Å². The van der Waals surface area contributed by atoms with Crippen molar-refractivity contribution in [2.24, 2.45) is 5.73 Å². The second kappa shape index (κ2) is 19.0. The minimum absolute atomic E-state index is 0.0241. The van der Waals surface area contributed by atoms with Crippen molar-refractivity contribution in [2.45, 2.75) is 83.3 Å². The SMILES string of the molecule is NC(=O)CC[C@H](NCCCCCCCC(=O)NCCCNC(=O)OCc1ccccc1)C(=O)N1CCCC1. The number of benzene rings is 1. The molecule has 0 unspecified atom stereocenters. The standard InChI is InChI=1S/C28H45N5O5/c29-25(34)16-15-24(27(36)33-20-9-10-21-33)30-17-8-3-1-2-7-14-26(35)31-18-11-19-32-28(37)38-22-23-12-5-4-6-13-23/h4-6,12-13,24,30H,1-3,7-11,14-22H2,(H2,29,34)(H,31,35)(H,32,37)/t24-/m0/s1. The largest absolute Gasteiger partial charge is 0.445 e. The fourth-order valence-electron chi connectivity index (χ4n) is 4.34. The van der Waals surface area contributed by atoms with Gasteiger partial charge in [0.25, 0.3) is 0 Å². The highest BCUT2D eigenvalue weighted by molar-refractivity contribution is 5.83. The third kappa shape index (κ3) is 14.0. The average molecular weight is 532 g/mol. The molecule has 10 heteroatoms. The quantitative estimate of drug-likeness (QED) is 0.202. The Morgan fingerprint density at radius 1 is 0.842 bits per heavy atom. The fraction of sp³-hybridized carbons (Fsp3) is 0.643. The Bertz CT molecular complexity index is 845. The number of nitrogens with one attached hydrogen (secondary N) is 3. The fourth-order valence-corrected chi connectivity index (χ4v) is 4.34. The van der Waals surface area contributed by atoms with Crippen LogP contribution in [0.5, 0.6) is 0 Å². The lowest BCUT2D eigenvalue weighted by Crippen LogP contribution is -2.46. The molecule has 1 heterocycles. The summed E-state index contributed by atoms with van der Waals surface area (Å²) in [6, 6.07) is 9.14. The minimum atomic E-state index is -0.463. The number of nitrogens with zero attached hydrogens (tertiary/aromatic N) is 1. The molecular weight excluding hydrogens is 486 g/mol. The molecule has 0 bridgehead atoms. The molecule has 10 nitrogen and oxygen atoms in total. The number of amides is 4. The topological polar surface area (TPSA) is 143 Å². The number of likely N-dealkylation sites (tertiary alicyclic amines) is 1. The predicted octanol–water partition coefficient (Wildman–Crippen LogP) is 2.61. The highest BCUT2D eigenvalue weighted by atomic mass is 16.5. The van der Waals surface area contributed by atoms with Crippen molar-refractivity contribution in [1.82, 2.24) is 20.9 Å². The van der Waals surface area contributed by atoms with Crippen molar-refractivity contribution < 1.29 is 23.9 Å². The number of carbonyl (C=O) groups excluding carboxylic acids is 4. The Hall–Kier alpha value is -3.14. The predicted molar refractivity (Wildman–Crippen MR) is 146 cm³/mol. The zero-order chi connectivity index (χ0) is 27.4. The second-order valence-electron chi connectivity index (χ2n) is 9.75. The summed E-state index contributed by atoms with van der Waals surface area (Å²) in [5.74, 6) is -0.282. The number of rotatable bonds is 19. The Kier molecular flexibility index (Phi) is 15.5.